The summed E-state index contributed by atoms with van der Waals surface area (Å²) in [5.41, 5.74) is 1.34. The predicted octanol–water partition coefficient (Wildman–Crippen LogP) is 2.55. The zero-order valence-corrected chi connectivity index (χ0v) is 10.5. The fourth-order valence-electron chi connectivity index (χ4n) is 1.86. The van der Waals surface area contributed by atoms with Crippen molar-refractivity contribution in [2.45, 2.75) is 32.1 Å². The second-order valence-electron chi connectivity index (χ2n) is 3.97. The molecular weight excluding hydrogens is 222 g/mol. The first-order valence-corrected chi connectivity index (χ1v) is 6.83. The Hall–Kier alpha value is -0.420. The molecule has 2 rings (SSSR count). The molecular formula is C12H19NO2S. The van der Waals surface area contributed by atoms with Gasteiger partial charge in [-0.2, -0.15) is 11.3 Å². The van der Waals surface area contributed by atoms with Gasteiger partial charge in [0.1, 0.15) is 0 Å². The highest BCUT2D eigenvalue weighted by Crippen LogP contribution is 2.24. The highest BCUT2D eigenvalue weighted by Gasteiger charge is 2.22. The lowest BCUT2D eigenvalue weighted by Gasteiger charge is -2.20. The number of nitrogens with one attached hydrogen (secondary N) is 1. The molecule has 1 fully saturated rings. The van der Waals surface area contributed by atoms with Crippen LogP contribution in [0.1, 0.15) is 31.4 Å². The second-order valence-corrected chi connectivity index (χ2v) is 4.75. The van der Waals surface area contributed by atoms with Gasteiger partial charge in [0.05, 0.1) is 13.2 Å². The fourth-order valence-corrected chi connectivity index (χ4v) is 2.58. The van der Waals surface area contributed by atoms with E-state index < -0.39 is 0 Å². The Morgan fingerprint density at radius 1 is 1.50 bits per heavy atom. The molecule has 1 aromatic rings. The van der Waals surface area contributed by atoms with Crippen molar-refractivity contribution in [3.63, 3.8) is 0 Å². The highest BCUT2D eigenvalue weighted by molar-refractivity contribution is 7.07. The van der Waals surface area contributed by atoms with Crippen molar-refractivity contribution in [2.75, 3.05) is 19.8 Å². The third-order valence-corrected chi connectivity index (χ3v) is 3.41. The summed E-state index contributed by atoms with van der Waals surface area (Å²) in [4.78, 5) is 0. The molecule has 0 amide bonds. The standard InChI is InChI=1S/C12H19NO2S/c1-2-4-13-11(10-3-7-16-9-10)8-12-14-5-6-15-12/h3,7,9,11-13H,2,4-6,8H2,1H3. The molecule has 1 unspecified atom stereocenters. The Bertz CT molecular complexity index is 283. The van der Waals surface area contributed by atoms with Crippen LogP contribution in [0.4, 0.5) is 0 Å². The summed E-state index contributed by atoms with van der Waals surface area (Å²) in [6, 6.07) is 2.53. The molecule has 4 heteroatoms. The zero-order valence-electron chi connectivity index (χ0n) is 9.65. The molecule has 0 aliphatic carbocycles. The van der Waals surface area contributed by atoms with E-state index in [0.29, 0.717) is 6.04 Å². The van der Waals surface area contributed by atoms with Gasteiger partial charge in [0.2, 0.25) is 0 Å². The minimum absolute atomic E-state index is 0.0331. The Labute approximate surface area is 101 Å². The van der Waals surface area contributed by atoms with Crippen molar-refractivity contribution in [1.29, 1.82) is 0 Å². The quantitative estimate of drug-likeness (QED) is 0.830. The minimum atomic E-state index is -0.0331. The second kappa shape index (κ2) is 6.35. The number of rotatable bonds is 6. The topological polar surface area (TPSA) is 30.5 Å². The van der Waals surface area contributed by atoms with Crippen LogP contribution in [0, 0.1) is 0 Å². The fraction of sp³-hybridized carbons (Fsp3) is 0.667. The summed E-state index contributed by atoms with van der Waals surface area (Å²) in [6.45, 7) is 4.68. The van der Waals surface area contributed by atoms with Crippen molar-refractivity contribution < 1.29 is 9.47 Å². The highest BCUT2D eigenvalue weighted by atomic mass is 32.1. The molecule has 0 spiro atoms. The van der Waals surface area contributed by atoms with Gasteiger partial charge in [-0.1, -0.05) is 6.92 Å². The summed E-state index contributed by atoms with van der Waals surface area (Å²) in [5.74, 6) is 0. The van der Waals surface area contributed by atoms with Gasteiger partial charge < -0.3 is 14.8 Å². The molecule has 0 radical (unpaired) electrons. The van der Waals surface area contributed by atoms with Crippen LogP contribution in [0.5, 0.6) is 0 Å². The van der Waals surface area contributed by atoms with Crippen molar-refractivity contribution in [3.05, 3.63) is 22.4 Å². The van der Waals surface area contributed by atoms with Gasteiger partial charge in [-0.05, 0) is 35.4 Å². The first-order valence-electron chi connectivity index (χ1n) is 5.89. The molecule has 0 saturated carbocycles. The number of thiophene rings is 1. The van der Waals surface area contributed by atoms with Crippen molar-refractivity contribution in [1.82, 2.24) is 5.32 Å². The van der Waals surface area contributed by atoms with Gasteiger partial charge in [0.25, 0.3) is 0 Å². The number of hydrogen-bond acceptors (Lipinski definition) is 4. The van der Waals surface area contributed by atoms with E-state index in [2.05, 4.69) is 29.1 Å². The molecule has 0 bridgehead atoms. The van der Waals surface area contributed by atoms with Gasteiger partial charge in [-0.3, -0.25) is 0 Å². The summed E-state index contributed by atoms with van der Waals surface area (Å²) < 4.78 is 11.0. The average molecular weight is 241 g/mol. The molecule has 1 N–H and O–H groups in total. The van der Waals surface area contributed by atoms with Crippen LogP contribution in [-0.2, 0) is 9.47 Å². The van der Waals surface area contributed by atoms with E-state index in [0.717, 1.165) is 32.6 Å². The molecule has 1 aliphatic rings. The summed E-state index contributed by atoms with van der Waals surface area (Å²) in [6.07, 6.45) is 2.01. The Kier molecular flexibility index (Phi) is 4.78. The van der Waals surface area contributed by atoms with E-state index in [1.54, 1.807) is 11.3 Å². The Morgan fingerprint density at radius 2 is 2.31 bits per heavy atom. The van der Waals surface area contributed by atoms with E-state index in [1.807, 2.05) is 0 Å². The molecule has 0 aromatic carbocycles. The molecule has 2 heterocycles. The summed E-state index contributed by atoms with van der Waals surface area (Å²) >= 11 is 1.74. The molecule has 3 nitrogen and oxygen atoms in total. The van der Waals surface area contributed by atoms with Crippen molar-refractivity contribution >= 4 is 11.3 Å². The first-order chi connectivity index (χ1) is 7.90. The minimum Gasteiger partial charge on any atom is -0.350 e. The van der Waals surface area contributed by atoms with Crippen LogP contribution in [0.15, 0.2) is 16.8 Å². The van der Waals surface area contributed by atoms with E-state index in [4.69, 9.17) is 9.47 Å². The van der Waals surface area contributed by atoms with Crippen LogP contribution in [-0.4, -0.2) is 26.0 Å². The smallest absolute Gasteiger partial charge is 0.159 e. The van der Waals surface area contributed by atoms with Crippen LogP contribution >= 0.6 is 11.3 Å². The lowest BCUT2D eigenvalue weighted by Crippen LogP contribution is -2.26. The van der Waals surface area contributed by atoms with Crippen LogP contribution in [0.25, 0.3) is 0 Å². The molecule has 16 heavy (non-hydrogen) atoms. The van der Waals surface area contributed by atoms with Crippen molar-refractivity contribution in [2.24, 2.45) is 0 Å². The third-order valence-electron chi connectivity index (χ3n) is 2.71. The largest absolute Gasteiger partial charge is 0.350 e. The monoisotopic (exact) mass is 241 g/mol. The van der Waals surface area contributed by atoms with E-state index in [-0.39, 0.29) is 6.29 Å². The van der Waals surface area contributed by atoms with Crippen LogP contribution < -0.4 is 5.32 Å². The van der Waals surface area contributed by atoms with Gasteiger partial charge in [-0.25, -0.2) is 0 Å². The van der Waals surface area contributed by atoms with Crippen LogP contribution in [0.3, 0.4) is 0 Å². The van der Waals surface area contributed by atoms with Crippen molar-refractivity contribution in [3.8, 4) is 0 Å². The first kappa shape index (κ1) is 12.0. The Balaban J connectivity index is 1.91. The number of hydrogen-bond donors (Lipinski definition) is 1. The average Bonchev–Trinajstić information content (AvgIpc) is 2.96. The lowest BCUT2D eigenvalue weighted by atomic mass is 10.1. The maximum Gasteiger partial charge on any atom is 0.159 e. The van der Waals surface area contributed by atoms with Gasteiger partial charge >= 0.3 is 0 Å². The summed E-state index contributed by atoms with van der Waals surface area (Å²) in [7, 11) is 0. The molecule has 90 valence electrons. The SMILES string of the molecule is CCCNC(CC1OCCO1)c1ccsc1. The molecule has 1 saturated heterocycles. The Morgan fingerprint density at radius 3 is 2.94 bits per heavy atom. The molecule has 1 atom stereocenters. The maximum absolute atomic E-state index is 5.50. The lowest BCUT2D eigenvalue weighted by molar-refractivity contribution is -0.0529. The number of ether oxygens (including phenoxy) is 2. The normalized spacial score (nSPS) is 19.1. The van der Waals surface area contributed by atoms with Gasteiger partial charge in [0.15, 0.2) is 6.29 Å². The molecule has 1 aliphatic heterocycles. The van der Waals surface area contributed by atoms with E-state index in [1.165, 1.54) is 5.56 Å². The third kappa shape index (κ3) is 3.28. The maximum atomic E-state index is 5.50. The van der Waals surface area contributed by atoms with E-state index >= 15 is 0 Å². The van der Waals surface area contributed by atoms with Gasteiger partial charge in [0, 0.05) is 12.5 Å². The zero-order chi connectivity index (χ0) is 11.2. The predicted molar refractivity (Wildman–Crippen MR) is 65.7 cm³/mol. The molecule has 1 aromatic heterocycles. The van der Waals surface area contributed by atoms with Crippen LogP contribution in [0.2, 0.25) is 0 Å². The summed E-state index contributed by atoms with van der Waals surface area (Å²) in [5, 5.41) is 7.86. The van der Waals surface area contributed by atoms with Gasteiger partial charge in [-0.15, -0.1) is 0 Å². The van der Waals surface area contributed by atoms with E-state index in [9.17, 15) is 0 Å².